The van der Waals surface area contributed by atoms with E-state index in [0.717, 1.165) is 11.1 Å². The molecule has 0 saturated heterocycles. The Kier molecular flexibility index (Phi) is 6.89. The summed E-state index contributed by atoms with van der Waals surface area (Å²) in [6.07, 6.45) is 0.792. The fraction of sp³-hybridized carbons (Fsp3) is 0.364. The molecule has 160 valence electrons. The minimum Gasteiger partial charge on any atom is -0.493 e. The van der Waals surface area contributed by atoms with E-state index in [9.17, 15) is 14.0 Å². The van der Waals surface area contributed by atoms with Crippen LogP contribution in [0.5, 0.6) is 11.5 Å². The molecule has 0 saturated carbocycles. The first-order valence-electron chi connectivity index (χ1n) is 9.56. The highest BCUT2D eigenvalue weighted by Crippen LogP contribution is 2.39. The molecule has 2 aromatic carbocycles. The lowest BCUT2D eigenvalue weighted by Gasteiger charge is -2.36. The number of fused-ring (bicyclic) bond motifs is 1. The van der Waals surface area contributed by atoms with Crippen molar-refractivity contribution >= 4 is 17.6 Å². The maximum Gasteiger partial charge on any atom is 0.307 e. The summed E-state index contributed by atoms with van der Waals surface area (Å²) >= 11 is 0. The summed E-state index contributed by atoms with van der Waals surface area (Å²) in [5.41, 5.74) is 2.45. The highest BCUT2D eigenvalue weighted by Gasteiger charge is 2.32. The monoisotopic (exact) mass is 416 g/mol. The van der Waals surface area contributed by atoms with Gasteiger partial charge in [0.05, 0.1) is 34.3 Å². The van der Waals surface area contributed by atoms with E-state index < -0.39 is 0 Å². The molecule has 1 amide bonds. The van der Waals surface area contributed by atoms with Crippen LogP contribution in [-0.4, -0.2) is 51.2 Å². The van der Waals surface area contributed by atoms with Crippen LogP contribution in [0.15, 0.2) is 36.4 Å². The first-order valence-corrected chi connectivity index (χ1v) is 9.56. The third-order valence-corrected chi connectivity index (χ3v) is 5.18. The maximum atomic E-state index is 13.1. The van der Waals surface area contributed by atoms with Crippen LogP contribution in [0.4, 0.5) is 10.1 Å². The lowest BCUT2D eigenvalue weighted by atomic mass is 9.90. The Bertz CT molecular complexity index is 916. The number of halogens is 1. The number of ether oxygens (including phenoxy) is 3. The zero-order valence-corrected chi connectivity index (χ0v) is 17.2. The zero-order valence-electron chi connectivity index (χ0n) is 17.2. The summed E-state index contributed by atoms with van der Waals surface area (Å²) in [5.74, 6) is 0.189. The predicted molar refractivity (Wildman–Crippen MR) is 109 cm³/mol. The fourth-order valence-corrected chi connectivity index (χ4v) is 3.67. The highest BCUT2D eigenvalue weighted by molar-refractivity contribution is 5.92. The average molecular weight is 416 g/mol. The van der Waals surface area contributed by atoms with Crippen LogP contribution < -0.4 is 14.8 Å². The summed E-state index contributed by atoms with van der Waals surface area (Å²) in [6.45, 7) is 0.661. The van der Waals surface area contributed by atoms with Crippen LogP contribution in [0.3, 0.4) is 0 Å². The van der Waals surface area contributed by atoms with E-state index in [1.54, 1.807) is 14.2 Å². The molecule has 0 aromatic heterocycles. The van der Waals surface area contributed by atoms with E-state index in [4.69, 9.17) is 14.2 Å². The van der Waals surface area contributed by atoms with Crippen LogP contribution in [0.1, 0.15) is 23.6 Å². The minimum absolute atomic E-state index is 0.0762. The van der Waals surface area contributed by atoms with E-state index in [1.807, 2.05) is 17.0 Å². The van der Waals surface area contributed by atoms with Gasteiger partial charge in [-0.05, 0) is 53.9 Å². The van der Waals surface area contributed by atoms with Crippen LogP contribution in [0.2, 0.25) is 0 Å². The van der Waals surface area contributed by atoms with Gasteiger partial charge in [0.25, 0.3) is 0 Å². The van der Waals surface area contributed by atoms with Crippen molar-refractivity contribution in [1.82, 2.24) is 4.90 Å². The minimum atomic E-state index is -0.372. The molecule has 1 heterocycles. The Morgan fingerprint density at radius 2 is 1.77 bits per heavy atom. The Labute approximate surface area is 174 Å². The van der Waals surface area contributed by atoms with Gasteiger partial charge >= 0.3 is 5.97 Å². The number of hydrogen-bond donors (Lipinski definition) is 1. The largest absolute Gasteiger partial charge is 0.493 e. The van der Waals surface area contributed by atoms with Crippen molar-refractivity contribution < 1.29 is 28.2 Å². The Hall–Kier alpha value is -3.13. The molecule has 0 fully saturated rings. The SMILES string of the molecule is COC(=O)C[C@H]1c2cc(OC)c(OC)cc2CCN1CC(=O)Nc1ccc(F)cc1. The van der Waals surface area contributed by atoms with Gasteiger partial charge in [-0.1, -0.05) is 0 Å². The van der Waals surface area contributed by atoms with Gasteiger partial charge in [-0.3, -0.25) is 14.5 Å². The predicted octanol–water partition coefficient (Wildman–Crippen LogP) is 2.94. The van der Waals surface area contributed by atoms with Crippen molar-refractivity contribution in [3.63, 3.8) is 0 Å². The number of amides is 1. The number of benzene rings is 2. The van der Waals surface area contributed by atoms with Crippen molar-refractivity contribution in [3.8, 4) is 11.5 Å². The van der Waals surface area contributed by atoms with Gasteiger partial charge < -0.3 is 19.5 Å². The van der Waals surface area contributed by atoms with Crippen LogP contribution in [0, 0.1) is 5.82 Å². The molecule has 1 N–H and O–H groups in total. The molecule has 1 aliphatic rings. The number of anilines is 1. The molecule has 30 heavy (non-hydrogen) atoms. The third kappa shape index (κ3) is 4.88. The summed E-state index contributed by atoms with van der Waals surface area (Å²) in [6, 6.07) is 8.99. The van der Waals surface area contributed by atoms with Gasteiger partial charge in [-0.2, -0.15) is 0 Å². The molecule has 1 aliphatic heterocycles. The number of carbonyl (C=O) groups is 2. The lowest BCUT2D eigenvalue weighted by Crippen LogP contribution is -2.41. The van der Waals surface area contributed by atoms with E-state index in [0.29, 0.717) is 30.2 Å². The molecule has 1 atom stereocenters. The van der Waals surface area contributed by atoms with E-state index in [2.05, 4.69) is 5.32 Å². The van der Waals surface area contributed by atoms with Gasteiger partial charge in [-0.25, -0.2) is 4.39 Å². The number of nitrogens with zero attached hydrogens (tertiary/aromatic N) is 1. The van der Waals surface area contributed by atoms with Crippen molar-refractivity contribution in [2.75, 3.05) is 39.7 Å². The second-order valence-corrected chi connectivity index (χ2v) is 6.98. The molecule has 0 unspecified atom stereocenters. The summed E-state index contributed by atoms with van der Waals surface area (Å²) in [5, 5.41) is 2.76. The highest BCUT2D eigenvalue weighted by atomic mass is 19.1. The number of nitrogens with one attached hydrogen (secondary N) is 1. The molecule has 0 bridgehead atoms. The lowest BCUT2D eigenvalue weighted by molar-refractivity contribution is -0.142. The van der Waals surface area contributed by atoms with Crippen LogP contribution in [-0.2, 0) is 20.7 Å². The number of methoxy groups -OCH3 is 3. The van der Waals surface area contributed by atoms with Gasteiger partial charge in [0.1, 0.15) is 5.82 Å². The number of carbonyl (C=O) groups excluding carboxylic acids is 2. The summed E-state index contributed by atoms with van der Waals surface area (Å²) in [7, 11) is 4.47. The van der Waals surface area contributed by atoms with Gasteiger partial charge in [-0.15, -0.1) is 0 Å². The Morgan fingerprint density at radius 3 is 2.40 bits per heavy atom. The van der Waals surface area contributed by atoms with E-state index in [-0.39, 0.29) is 36.7 Å². The quantitative estimate of drug-likeness (QED) is 0.700. The number of esters is 1. The molecule has 0 radical (unpaired) electrons. The Balaban J connectivity index is 1.84. The average Bonchev–Trinajstić information content (AvgIpc) is 2.75. The van der Waals surface area contributed by atoms with Crippen molar-refractivity contribution in [3.05, 3.63) is 53.3 Å². The molecule has 3 rings (SSSR count). The first kappa shape index (κ1) is 21.6. The molecule has 7 nitrogen and oxygen atoms in total. The van der Waals surface area contributed by atoms with Crippen LogP contribution in [0.25, 0.3) is 0 Å². The Morgan fingerprint density at radius 1 is 1.10 bits per heavy atom. The molecule has 0 spiro atoms. The summed E-state index contributed by atoms with van der Waals surface area (Å²) < 4.78 is 28.8. The topological polar surface area (TPSA) is 77.1 Å². The van der Waals surface area contributed by atoms with Gasteiger partial charge in [0, 0.05) is 18.3 Å². The second-order valence-electron chi connectivity index (χ2n) is 6.98. The van der Waals surface area contributed by atoms with Crippen molar-refractivity contribution in [2.45, 2.75) is 18.9 Å². The van der Waals surface area contributed by atoms with Gasteiger partial charge in [0.2, 0.25) is 5.91 Å². The maximum absolute atomic E-state index is 13.1. The summed E-state index contributed by atoms with van der Waals surface area (Å²) in [4.78, 5) is 26.6. The zero-order chi connectivity index (χ0) is 21.7. The molecule has 8 heteroatoms. The molecule has 0 aliphatic carbocycles. The second kappa shape index (κ2) is 9.58. The van der Waals surface area contributed by atoms with Crippen molar-refractivity contribution in [2.24, 2.45) is 0 Å². The van der Waals surface area contributed by atoms with Gasteiger partial charge in [0.15, 0.2) is 11.5 Å². The van der Waals surface area contributed by atoms with Crippen LogP contribution >= 0.6 is 0 Å². The van der Waals surface area contributed by atoms with Crippen molar-refractivity contribution in [1.29, 1.82) is 0 Å². The molecule has 2 aromatic rings. The normalized spacial score (nSPS) is 15.8. The van der Waals surface area contributed by atoms with E-state index in [1.165, 1.54) is 31.4 Å². The van der Waals surface area contributed by atoms with E-state index >= 15 is 0 Å². The third-order valence-electron chi connectivity index (χ3n) is 5.18. The standard InChI is InChI=1S/C22H25FN2O5/c1-28-19-10-14-8-9-25(13-21(26)24-16-6-4-15(23)5-7-16)18(12-22(27)30-3)17(14)11-20(19)29-2/h4-7,10-11,18H,8-9,12-13H2,1-3H3,(H,24,26)/t18-/m0/s1. The number of hydrogen-bond acceptors (Lipinski definition) is 6. The molecular formula is C22H25FN2O5. The molecular weight excluding hydrogens is 391 g/mol. The fourth-order valence-electron chi connectivity index (χ4n) is 3.67. The number of rotatable bonds is 7. The smallest absolute Gasteiger partial charge is 0.307 e. The first-order chi connectivity index (χ1) is 14.4.